The number of carbonyl (C=O) groups excluding carboxylic acids is 1. The maximum absolute atomic E-state index is 12.6. The number of para-hydroxylation sites is 1. The average molecular weight is 670 g/mol. The molecule has 0 aromatic heterocycles. The van der Waals surface area contributed by atoms with E-state index in [1.165, 1.54) is 0 Å². The van der Waals surface area contributed by atoms with E-state index in [-0.39, 0.29) is 5.91 Å². The summed E-state index contributed by atoms with van der Waals surface area (Å²) in [7, 11) is 7.91. The van der Waals surface area contributed by atoms with E-state index in [1.54, 1.807) is 41.6 Å². The molecule has 0 spiro atoms. The van der Waals surface area contributed by atoms with Gasteiger partial charge in [-0.2, -0.15) is 0 Å². The van der Waals surface area contributed by atoms with Crippen molar-refractivity contribution in [1.82, 2.24) is 10.8 Å². The predicted octanol–water partition coefficient (Wildman–Crippen LogP) is 6.05. The molecule has 2 unspecified atom stereocenters. The van der Waals surface area contributed by atoms with Crippen molar-refractivity contribution in [1.29, 1.82) is 0 Å². The molecule has 6 rings (SSSR count). The number of ether oxygens (including phenoxy) is 7. The molecule has 0 fully saturated rings. The van der Waals surface area contributed by atoms with Crippen LogP contribution in [-0.4, -0.2) is 54.7 Å². The molecule has 0 bridgehead atoms. The Morgan fingerprint density at radius 2 is 1.33 bits per heavy atom. The molecule has 0 saturated carbocycles. The number of hydroxylamine groups is 1. The molecular weight excluding hydrogens is 630 g/mol. The quantitative estimate of drug-likeness (QED) is 0.136. The summed E-state index contributed by atoms with van der Waals surface area (Å²) in [6.07, 6.45) is 1.78. The zero-order chi connectivity index (χ0) is 34.3. The summed E-state index contributed by atoms with van der Waals surface area (Å²) in [6.45, 7) is 0.773. The molecule has 3 N–H and O–H groups in total. The summed E-state index contributed by atoms with van der Waals surface area (Å²) in [4.78, 5) is 18.5. The fourth-order valence-electron chi connectivity index (χ4n) is 5.67. The molecule has 2 heterocycles. The van der Waals surface area contributed by atoms with Gasteiger partial charge in [0.2, 0.25) is 5.75 Å². The van der Waals surface area contributed by atoms with Crippen molar-refractivity contribution in [2.24, 2.45) is 0 Å². The van der Waals surface area contributed by atoms with Crippen LogP contribution in [0, 0.1) is 0 Å². The van der Waals surface area contributed by atoms with Crippen molar-refractivity contribution in [2.45, 2.75) is 18.7 Å². The van der Waals surface area contributed by atoms with Crippen LogP contribution in [0.1, 0.15) is 45.7 Å². The van der Waals surface area contributed by atoms with Gasteiger partial charge in [0.25, 0.3) is 5.91 Å². The second kappa shape index (κ2) is 15.0. The van der Waals surface area contributed by atoms with Crippen molar-refractivity contribution in [2.75, 3.05) is 54.1 Å². The lowest BCUT2D eigenvalue weighted by Crippen LogP contribution is -2.38. The maximum Gasteiger partial charge on any atom is 0.255 e. The Balaban J connectivity index is 1.06. The Morgan fingerprint density at radius 3 is 2.04 bits per heavy atom. The lowest BCUT2D eigenvalue weighted by Gasteiger charge is -2.28. The van der Waals surface area contributed by atoms with Crippen LogP contribution in [0.3, 0.4) is 0 Å². The highest BCUT2D eigenvalue weighted by Crippen LogP contribution is 2.42. The number of methoxy groups -OCH3 is 5. The first-order valence-electron chi connectivity index (χ1n) is 15.7. The molecule has 4 aromatic carbocycles. The van der Waals surface area contributed by atoms with E-state index in [0.717, 1.165) is 28.1 Å². The van der Waals surface area contributed by atoms with E-state index in [2.05, 4.69) is 16.1 Å². The van der Waals surface area contributed by atoms with Crippen molar-refractivity contribution in [3.8, 4) is 40.2 Å². The Bertz CT molecular complexity index is 1820. The van der Waals surface area contributed by atoms with Gasteiger partial charge in [0, 0.05) is 17.7 Å². The molecule has 2 aliphatic heterocycles. The third-order valence-corrected chi connectivity index (χ3v) is 8.18. The van der Waals surface area contributed by atoms with Crippen LogP contribution in [0.25, 0.3) is 5.70 Å². The number of fused-ring (bicyclic) bond motifs is 1. The Kier molecular flexibility index (Phi) is 10.1. The summed E-state index contributed by atoms with van der Waals surface area (Å²) in [5, 5.41) is 6.35. The molecular formula is C37H39N3O9. The van der Waals surface area contributed by atoms with Gasteiger partial charge in [-0.1, -0.05) is 18.2 Å². The van der Waals surface area contributed by atoms with Crippen LogP contribution in [-0.2, 0) is 4.84 Å². The largest absolute Gasteiger partial charge is 0.493 e. The van der Waals surface area contributed by atoms with E-state index in [1.807, 2.05) is 72.8 Å². The molecule has 12 nitrogen and oxygen atoms in total. The SMILES string of the molecule is COc1cc(C2NC(=O)c3ccccc3N2)ccc1OCCCOc1cc(C2=CC(c3cc(OC)c(OC)c(OC)c3)ON2)ccc1OC. The first-order valence-corrected chi connectivity index (χ1v) is 15.7. The van der Waals surface area contributed by atoms with Crippen LogP contribution in [0.5, 0.6) is 40.2 Å². The minimum atomic E-state index is -0.397. The van der Waals surface area contributed by atoms with Gasteiger partial charge < -0.3 is 43.8 Å². The van der Waals surface area contributed by atoms with Crippen LogP contribution < -0.4 is 49.3 Å². The van der Waals surface area contributed by atoms with Crippen LogP contribution in [0.4, 0.5) is 5.69 Å². The van der Waals surface area contributed by atoms with Gasteiger partial charge in [0.15, 0.2) is 34.5 Å². The minimum Gasteiger partial charge on any atom is -0.493 e. The zero-order valence-electron chi connectivity index (χ0n) is 28.0. The van der Waals surface area contributed by atoms with Crippen molar-refractivity contribution < 1.29 is 42.8 Å². The molecule has 0 saturated heterocycles. The number of benzene rings is 4. The van der Waals surface area contributed by atoms with Crippen molar-refractivity contribution in [3.63, 3.8) is 0 Å². The van der Waals surface area contributed by atoms with E-state index >= 15 is 0 Å². The number of rotatable bonds is 14. The summed E-state index contributed by atoms with van der Waals surface area (Å²) in [5.74, 6) is 3.81. The third kappa shape index (κ3) is 7.09. The maximum atomic E-state index is 12.6. The van der Waals surface area contributed by atoms with Gasteiger partial charge in [-0.3, -0.25) is 15.1 Å². The average Bonchev–Trinajstić information content (AvgIpc) is 3.64. The molecule has 2 aliphatic rings. The topological polar surface area (TPSA) is 127 Å². The van der Waals surface area contributed by atoms with Crippen LogP contribution in [0.2, 0.25) is 0 Å². The number of amides is 1. The highest BCUT2D eigenvalue weighted by Gasteiger charge is 2.26. The first-order chi connectivity index (χ1) is 24.0. The molecule has 0 radical (unpaired) electrons. The van der Waals surface area contributed by atoms with E-state index in [0.29, 0.717) is 65.4 Å². The third-order valence-electron chi connectivity index (χ3n) is 8.18. The highest BCUT2D eigenvalue weighted by atomic mass is 16.7. The van der Waals surface area contributed by atoms with Crippen LogP contribution in [0.15, 0.2) is 78.9 Å². The number of carbonyl (C=O) groups is 1. The standard InChI is InChI=1S/C37H39N3O9/c1-42-28-13-11-22(27-21-30(49-40-27)24-19-33(44-3)35(46-5)34(20-24)45-4)17-32(28)48-16-8-15-47-29-14-12-23(18-31(29)43-2)36-38-26-10-7-6-9-25(26)37(41)39-36/h6-7,9-14,17-21,30,36,38,40H,8,15-16H2,1-5H3,(H,39,41). The first kappa shape index (κ1) is 33.2. The Hall–Kier alpha value is -5.75. The number of nitrogens with one attached hydrogen (secondary N) is 3. The normalized spacial score (nSPS) is 16.3. The lowest BCUT2D eigenvalue weighted by atomic mass is 10.0. The number of hydrogen-bond acceptors (Lipinski definition) is 11. The van der Waals surface area contributed by atoms with Gasteiger partial charge in [0.05, 0.1) is 60.0 Å². The van der Waals surface area contributed by atoms with Gasteiger partial charge in [-0.25, -0.2) is 0 Å². The van der Waals surface area contributed by atoms with E-state index in [4.69, 9.17) is 38.0 Å². The Labute approximate surface area is 284 Å². The second-order valence-electron chi connectivity index (χ2n) is 11.1. The van der Waals surface area contributed by atoms with E-state index < -0.39 is 12.3 Å². The van der Waals surface area contributed by atoms with Crippen molar-refractivity contribution in [3.05, 3.63) is 101 Å². The fraction of sp³-hybridized carbons (Fsp3) is 0.270. The molecule has 0 aliphatic carbocycles. The minimum absolute atomic E-state index is 0.134. The molecule has 49 heavy (non-hydrogen) atoms. The second-order valence-corrected chi connectivity index (χ2v) is 11.1. The van der Waals surface area contributed by atoms with Gasteiger partial charge in [0.1, 0.15) is 12.3 Å². The summed E-state index contributed by atoms with van der Waals surface area (Å²) >= 11 is 0. The monoisotopic (exact) mass is 669 g/mol. The predicted molar refractivity (Wildman–Crippen MR) is 183 cm³/mol. The molecule has 1 amide bonds. The zero-order valence-corrected chi connectivity index (χ0v) is 28.0. The lowest BCUT2D eigenvalue weighted by molar-refractivity contribution is 0.0508. The van der Waals surface area contributed by atoms with Gasteiger partial charge in [-0.15, -0.1) is 0 Å². The van der Waals surface area contributed by atoms with Gasteiger partial charge >= 0.3 is 0 Å². The van der Waals surface area contributed by atoms with Gasteiger partial charge in [-0.05, 0) is 71.8 Å². The molecule has 4 aromatic rings. The molecule has 256 valence electrons. The highest BCUT2D eigenvalue weighted by molar-refractivity contribution is 6.01. The fourth-order valence-corrected chi connectivity index (χ4v) is 5.67. The summed E-state index contributed by atoms with van der Waals surface area (Å²) in [6, 6.07) is 22.4. The molecule has 12 heteroatoms. The van der Waals surface area contributed by atoms with Crippen molar-refractivity contribution >= 4 is 17.3 Å². The van der Waals surface area contributed by atoms with Crippen LogP contribution >= 0.6 is 0 Å². The summed E-state index contributed by atoms with van der Waals surface area (Å²) in [5.41, 5.74) is 7.72. The van der Waals surface area contributed by atoms with E-state index in [9.17, 15) is 4.79 Å². The smallest absolute Gasteiger partial charge is 0.255 e. The molecule has 2 atom stereocenters. The summed E-state index contributed by atoms with van der Waals surface area (Å²) < 4.78 is 39.8. The number of anilines is 1. The number of hydrogen-bond donors (Lipinski definition) is 3. The Morgan fingerprint density at radius 1 is 0.653 bits per heavy atom.